The molecule has 0 aromatic carbocycles. The van der Waals surface area contributed by atoms with Gasteiger partial charge in [-0.15, -0.1) is 11.8 Å². The smallest absolute Gasteiger partial charge is 0.0232 e. The highest BCUT2D eigenvalue weighted by Crippen LogP contribution is 2.35. The van der Waals surface area contributed by atoms with E-state index in [1.54, 1.807) is 0 Å². The van der Waals surface area contributed by atoms with Crippen molar-refractivity contribution in [2.75, 3.05) is 5.75 Å². The predicted octanol–water partition coefficient (Wildman–Crippen LogP) is 2.50. The van der Waals surface area contributed by atoms with Crippen LogP contribution < -0.4 is 0 Å². The molecule has 46 valence electrons. The van der Waals surface area contributed by atoms with Crippen LogP contribution in [0.25, 0.3) is 0 Å². The van der Waals surface area contributed by atoms with Crippen molar-refractivity contribution in [2.45, 2.75) is 6.92 Å². The fourth-order valence-corrected chi connectivity index (χ4v) is 2.19. The first-order valence-corrected chi connectivity index (χ1v) is 4.13. The van der Waals surface area contributed by atoms with E-state index >= 15 is 0 Å². The summed E-state index contributed by atoms with van der Waals surface area (Å²) in [7, 11) is 0. The van der Waals surface area contributed by atoms with Gasteiger partial charge in [0.15, 0.2) is 0 Å². The van der Waals surface area contributed by atoms with Crippen LogP contribution in [0.2, 0.25) is 0 Å². The van der Waals surface area contributed by atoms with Crippen molar-refractivity contribution in [2.24, 2.45) is 0 Å². The molecule has 1 aliphatic heterocycles. The third-order valence-corrected chi connectivity index (χ3v) is 2.63. The van der Waals surface area contributed by atoms with E-state index in [-0.39, 0.29) is 0 Å². The summed E-state index contributed by atoms with van der Waals surface area (Å²) in [5.74, 6) is 1.18. The van der Waals surface area contributed by atoms with E-state index in [4.69, 9.17) is 0 Å². The number of hydrogen-bond donors (Lipinski definition) is 0. The van der Waals surface area contributed by atoms with Crippen molar-refractivity contribution in [3.63, 3.8) is 0 Å². The van der Waals surface area contributed by atoms with E-state index in [0.717, 1.165) is 0 Å². The first kappa shape index (κ1) is 5.36. The van der Waals surface area contributed by atoms with Gasteiger partial charge in [0.25, 0.3) is 0 Å². The molecule has 0 unspecified atom stereocenters. The molecule has 9 heavy (non-hydrogen) atoms. The average molecular weight is 136 g/mol. The van der Waals surface area contributed by atoms with E-state index in [1.165, 1.54) is 22.5 Å². The van der Waals surface area contributed by atoms with Gasteiger partial charge in [0.2, 0.25) is 0 Å². The van der Waals surface area contributed by atoms with Gasteiger partial charge < -0.3 is 0 Å². The van der Waals surface area contributed by atoms with Crippen molar-refractivity contribution in [3.05, 3.63) is 34.3 Å². The van der Waals surface area contributed by atoms with Gasteiger partial charge in [-0.25, -0.2) is 0 Å². The molecule has 2 aliphatic rings. The molecular weight excluding hydrogens is 128 g/mol. The number of hydrogen-bond acceptors (Lipinski definition) is 1. The molecule has 1 heteroatoms. The standard InChI is InChI=1S/C8H8S/c1-6-2-3-7-4-9-5-8(6)7/h2-3,5H,4H2,1H3. The van der Waals surface area contributed by atoms with E-state index in [9.17, 15) is 0 Å². The summed E-state index contributed by atoms with van der Waals surface area (Å²) in [5.41, 5.74) is 4.41. The second kappa shape index (κ2) is 1.77. The minimum Gasteiger partial charge on any atom is -0.129 e. The van der Waals surface area contributed by atoms with Gasteiger partial charge in [-0.1, -0.05) is 12.2 Å². The summed E-state index contributed by atoms with van der Waals surface area (Å²) >= 11 is 1.90. The Bertz CT molecular complexity index is 231. The highest BCUT2D eigenvalue weighted by molar-refractivity contribution is 8.02. The SMILES string of the molecule is CC1=CC=C2CSC=C12. The lowest BCUT2D eigenvalue weighted by Gasteiger charge is -1.93. The van der Waals surface area contributed by atoms with Crippen LogP contribution >= 0.6 is 11.8 Å². The molecule has 0 saturated heterocycles. The third-order valence-electron chi connectivity index (χ3n) is 1.75. The molecule has 2 rings (SSSR count). The Morgan fingerprint density at radius 3 is 3.11 bits per heavy atom. The van der Waals surface area contributed by atoms with Gasteiger partial charge in [-0.05, 0) is 29.1 Å². The topological polar surface area (TPSA) is 0 Å². The largest absolute Gasteiger partial charge is 0.129 e. The lowest BCUT2D eigenvalue weighted by molar-refractivity contribution is 1.42. The molecular formula is C8H8S. The molecule has 0 radical (unpaired) electrons. The molecule has 1 aliphatic carbocycles. The Kier molecular flexibility index (Phi) is 1.06. The molecule has 0 amide bonds. The zero-order valence-corrected chi connectivity index (χ0v) is 6.16. The van der Waals surface area contributed by atoms with Gasteiger partial charge in [0.1, 0.15) is 0 Å². The molecule has 0 nitrogen and oxygen atoms in total. The van der Waals surface area contributed by atoms with Gasteiger partial charge in [-0.3, -0.25) is 0 Å². The Hall–Kier alpha value is -0.430. The van der Waals surface area contributed by atoms with E-state index < -0.39 is 0 Å². The van der Waals surface area contributed by atoms with Crippen LogP contribution in [0.4, 0.5) is 0 Å². The average Bonchev–Trinajstić information content (AvgIpc) is 2.35. The predicted molar refractivity (Wildman–Crippen MR) is 42.4 cm³/mol. The summed E-state index contributed by atoms with van der Waals surface area (Å²) in [6, 6.07) is 0. The van der Waals surface area contributed by atoms with E-state index in [2.05, 4.69) is 24.5 Å². The zero-order chi connectivity index (χ0) is 6.27. The van der Waals surface area contributed by atoms with Crippen molar-refractivity contribution in [1.82, 2.24) is 0 Å². The van der Waals surface area contributed by atoms with Crippen LogP contribution in [0.1, 0.15) is 6.92 Å². The van der Waals surface area contributed by atoms with Crippen molar-refractivity contribution >= 4 is 11.8 Å². The maximum absolute atomic E-state index is 2.25. The fraction of sp³-hybridized carbons (Fsp3) is 0.250. The van der Waals surface area contributed by atoms with Gasteiger partial charge >= 0.3 is 0 Å². The molecule has 0 atom stereocenters. The zero-order valence-electron chi connectivity index (χ0n) is 5.35. The highest BCUT2D eigenvalue weighted by atomic mass is 32.2. The molecule has 0 fully saturated rings. The fourth-order valence-electron chi connectivity index (χ4n) is 1.17. The lowest BCUT2D eigenvalue weighted by Crippen LogP contribution is -1.80. The lowest BCUT2D eigenvalue weighted by atomic mass is 10.1. The first-order valence-electron chi connectivity index (χ1n) is 3.08. The minimum absolute atomic E-state index is 1.18. The molecule has 0 spiro atoms. The van der Waals surface area contributed by atoms with Crippen LogP contribution in [0.5, 0.6) is 0 Å². The maximum atomic E-state index is 2.25. The Balaban J connectivity index is 2.46. The maximum Gasteiger partial charge on any atom is 0.0232 e. The normalized spacial score (nSPS) is 23.0. The number of thioether (sulfide) groups is 1. The summed E-state index contributed by atoms with van der Waals surface area (Å²) in [6.45, 7) is 2.17. The summed E-state index contributed by atoms with van der Waals surface area (Å²) in [5, 5.41) is 2.25. The highest BCUT2D eigenvalue weighted by Gasteiger charge is 2.15. The van der Waals surface area contributed by atoms with Crippen molar-refractivity contribution < 1.29 is 0 Å². The summed E-state index contributed by atoms with van der Waals surface area (Å²) in [4.78, 5) is 0. The Morgan fingerprint density at radius 2 is 2.33 bits per heavy atom. The van der Waals surface area contributed by atoms with Gasteiger partial charge in [0.05, 0.1) is 0 Å². The molecule has 0 bridgehead atoms. The molecule has 1 heterocycles. The summed E-state index contributed by atoms with van der Waals surface area (Å²) < 4.78 is 0. The van der Waals surface area contributed by atoms with Crippen LogP contribution in [0, 0.1) is 0 Å². The monoisotopic (exact) mass is 136 g/mol. The van der Waals surface area contributed by atoms with Gasteiger partial charge in [-0.2, -0.15) is 0 Å². The van der Waals surface area contributed by atoms with E-state index in [1.807, 2.05) is 11.8 Å². The summed E-state index contributed by atoms with van der Waals surface area (Å²) in [6.07, 6.45) is 4.42. The van der Waals surface area contributed by atoms with E-state index in [0.29, 0.717) is 0 Å². The van der Waals surface area contributed by atoms with Crippen LogP contribution in [0.15, 0.2) is 34.3 Å². The van der Waals surface area contributed by atoms with Crippen molar-refractivity contribution in [1.29, 1.82) is 0 Å². The third kappa shape index (κ3) is 0.681. The first-order chi connectivity index (χ1) is 4.38. The molecule has 0 saturated carbocycles. The van der Waals surface area contributed by atoms with Gasteiger partial charge in [0, 0.05) is 5.75 Å². The van der Waals surface area contributed by atoms with Crippen LogP contribution in [0.3, 0.4) is 0 Å². The number of allylic oxidation sites excluding steroid dienone is 4. The quantitative estimate of drug-likeness (QED) is 0.493. The van der Waals surface area contributed by atoms with Crippen LogP contribution in [-0.2, 0) is 0 Å². The Morgan fingerprint density at radius 1 is 1.44 bits per heavy atom. The second-order valence-corrected chi connectivity index (χ2v) is 3.24. The molecule has 0 N–H and O–H groups in total. The molecule has 0 aromatic rings. The minimum atomic E-state index is 1.18. The number of fused-ring (bicyclic) bond motifs is 1. The second-order valence-electron chi connectivity index (χ2n) is 2.38. The molecule has 0 aromatic heterocycles. The van der Waals surface area contributed by atoms with Crippen LogP contribution in [-0.4, -0.2) is 5.75 Å². The Labute approximate surface area is 59.3 Å². The number of rotatable bonds is 0. The van der Waals surface area contributed by atoms with Crippen molar-refractivity contribution in [3.8, 4) is 0 Å².